The molecule has 0 saturated carbocycles. The van der Waals surface area contributed by atoms with Crippen LogP contribution in [0, 0.1) is 12.7 Å². The van der Waals surface area contributed by atoms with Crippen molar-refractivity contribution in [1.29, 1.82) is 0 Å². The molecule has 4 rings (SSSR count). The molecule has 1 aromatic carbocycles. The van der Waals surface area contributed by atoms with Gasteiger partial charge in [-0.3, -0.25) is 14.3 Å². The molecule has 1 aliphatic heterocycles. The highest BCUT2D eigenvalue weighted by Crippen LogP contribution is 2.20. The van der Waals surface area contributed by atoms with E-state index in [0.29, 0.717) is 18.8 Å². The van der Waals surface area contributed by atoms with E-state index >= 15 is 0 Å². The summed E-state index contributed by atoms with van der Waals surface area (Å²) in [4.78, 5) is 26.0. The molecular weight excluding hydrogens is 375 g/mol. The van der Waals surface area contributed by atoms with E-state index in [1.807, 2.05) is 13.0 Å². The summed E-state index contributed by atoms with van der Waals surface area (Å²) < 4.78 is 22.0. The zero-order valence-electron chi connectivity index (χ0n) is 16.2. The van der Waals surface area contributed by atoms with Gasteiger partial charge in [0.25, 0.3) is 5.56 Å². The van der Waals surface area contributed by atoms with Crippen LogP contribution in [0.25, 0.3) is 11.1 Å². The van der Waals surface area contributed by atoms with E-state index in [1.54, 1.807) is 45.7 Å². The molecule has 0 radical (unpaired) electrons. The predicted molar refractivity (Wildman–Crippen MR) is 105 cm³/mol. The third kappa shape index (κ3) is 4.06. The number of nitrogens with zero attached hydrogens (tertiary/aromatic N) is 4. The van der Waals surface area contributed by atoms with Gasteiger partial charge in [-0.25, -0.2) is 4.39 Å². The molecule has 29 heavy (non-hydrogen) atoms. The summed E-state index contributed by atoms with van der Waals surface area (Å²) in [5.41, 5.74) is 2.36. The first-order valence-corrected chi connectivity index (χ1v) is 9.29. The van der Waals surface area contributed by atoms with E-state index in [1.165, 1.54) is 18.2 Å². The minimum absolute atomic E-state index is 0.0567. The van der Waals surface area contributed by atoms with Gasteiger partial charge in [0, 0.05) is 30.6 Å². The fourth-order valence-electron chi connectivity index (χ4n) is 3.19. The van der Waals surface area contributed by atoms with Crippen molar-refractivity contribution in [3.63, 3.8) is 0 Å². The second-order valence-electron chi connectivity index (χ2n) is 7.20. The Hall–Kier alpha value is -3.42. The maximum absolute atomic E-state index is 13.0. The number of carbonyl (C=O) groups is 1. The number of rotatable bonds is 5. The van der Waals surface area contributed by atoms with Gasteiger partial charge < -0.3 is 14.2 Å². The van der Waals surface area contributed by atoms with Crippen molar-refractivity contribution in [2.75, 3.05) is 13.1 Å². The fourth-order valence-corrected chi connectivity index (χ4v) is 3.19. The number of benzene rings is 1. The molecular formula is C21H21FN4O3. The lowest BCUT2D eigenvalue weighted by molar-refractivity contribution is -0.140. The number of ether oxygens (including phenoxy) is 1. The van der Waals surface area contributed by atoms with Crippen molar-refractivity contribution < 1.29 is 13.9 Å². The van der Waals surface area contributed by atoms with Crippen LogP contribution < -0.4 is 10.3 Å². The predicted octanol–water partition coefficient (Wildman–Crippen LogP) is 1.99. The van der Waals surface area contributed by atoms with Crippen molar-refractivity contribution >= 4 is 5.91 Å². The maximum Gasteiger partial charge on any atom is 0.254 e. The number of hydrogen-bond donors (Lipinski definition) is 0. The van der Waals surface area contributed by atoms with Gasteiger partial charge in [-0.1, -0.05) is 12.1 Å². The maximum atomic E-state index is 13.0. The second-order valence-corrected chi connectivity index (χ2v) is 7.20. The van der Waals surface area contributed by atoms with E-state index in [9.17, 15) is 14.0 Å². The molecule has 0 spiro atoms. The zero-order chi connectivity index (χ0) is 20.5. The molecule has 1 amide bonds. The summed E-state index contributed by atoms with van der Waals surface area (Å²) in [5, 5.41) is 4.22. The Balaban J connectivity index is 1.31. The Morgan fingerprint density at radius 2 is 1.93 bits per heavy atom. The standard InChI is InChI=1S/C21H21FN4O3/c1-14-7-18(8-20(27)24(14)2)29-19-11-25(12-19)21(28)13-26-10-16(9-23-26)15-3-5-17(22)6-4-15/h3-10,19H,11-13H2,1-2H3. The molecule has 3 heterocycles. The summed E-state index contributed by atoms with van der Waals surface area (Å²) in [6, 6.07) is 9.40. The molecule has 150 valence electrons. The SMILES string of the molecule is Cc1cc(OC2CN(C(=O)Cn3cc(-c4ccc(F)cc4)cn3)C2)cc(=O)n1C. The van der Waals surface area contributed by atoms with Gasteiger partial charge in [0.2, 0.25) is 5.91 Å². The number of hydrogen-bond acceptors (Lipinski definition) is 4. The molecule has 1 saturated heterocycles. The summed E-state index contributed by atoms with van der Waals surface area (Å²) in [6.07, 6.45) is 3.29. The first-order chi connectivity index (χ1) is 13.9. The Labute approximate surface area is 166 Å². The van der Waals surface area contributed by atoms with Crippen LogP contribution in [0.5, 0.6) is 5.75 Å². The van der Waals surface area contributed by atoms with Crippen molar-refractivity contribution in [3.05, 3.63) is 70.7 Å². The molecule has 0 unspecified atom stereocenters. The Morgan fingerprint density at radius 3 is 2.62 bits per heavy atom. The minimum Gasteiger partial charge on any atom is -0.486 e. The van der Waals surface area contributed by atoms with Crippen LogP contribution >= 0.6 is 0 Å². The van der Waals surface area contributed by atoms with Gasteiger partial charge in [0.05, 0.1) is 19.3 Å². The number of pyridine rings is 1. The number of carbonyl (C=O) groups excluding carboxylic acids is 1. The lowest BCUT2D eigenvalue weighted by Crippen LogP contribution is -2.57. The molecule has 1 aliphatic rings. The van der Waals surface area contributed by atoms with Crippen LogP contribution in [0.4, 0.5) is 4.39 Å². The highest BCUT2D eigenvalue weighted by Gasteiger charge is 2.32. The number of halogens is 1. The first kappa shape index (κ1) is 18.9. The van der Waals surface area contributed by atoms with Gasteiger partial charge in [-0.2, -0.15) is 5.10 Å². The van der Waals surface area contributed by atoms with E-state index < -0.39 is 0 Å². The highest BCUT2D eigenvalue weighted by atomic mass is 19.1. The molecule has 0 N–H and O–H groups in total. The van der Waals surface area contributed by atoms with E-state index in [-0.39, 0.29) is 29.9 Å². The van der Waals surface area contributed by atoms with Crippen molar-refractivity contribution in [2.24, 2.45) is 7.05 Å². The summed E-state index contributed by atoms with van der Waals surface area (Å²) in [5.74, 6) is 0.175. The van der Waals surface area contributed by atoms with Crippen molar-refractivity contribution in [1.82, 2.24) is 19.2 Å². The van der Waals surface area contributed by atoms with Crippen molar-refractivity contribution in [2.45, 2.75) is 19.6 Å². The largest absolute Gasteiger partial charge is 0.486 e. The minimum atomic E-state index is -0.295. The molecule has 0 atom stereocenters. The van der Waals surface area contributed by atoms with Gasteiger partial charge in [-0.15, -0.1) is 0 Å². The lowest BCUT2D eigenvalue weighted by Gasteiger charge is -2.39. The molecule has 3 aromatic rings. The van der Waals surface area contributed by atoms with E-state index in [2.05, 4.69) is 5.10 Å². The van der Waals surface area contributed by atoms with Crippen LogP contribution in [0.3, 0.4) is 0 Å². The third-order valence-electron chi connectivity index (χ3n) is 5.09. The zero-order valence-corrected chi connectivity index (χ0v) is 16.2. The van der Waals surface area contributed by atoms with Crippen LogP contribution in [-0.2, 0) is 18.4 Å². The highest BCUT2D eigenvalue weighted by molar-refractivity contribution is 5.77. The molecule has 2 aromatic heterocycles. The van der Waals surface area contributed by atoms with Crippen molar-refractivity contribution in [3.8, 4) is 16.9 Å². The number of aromatic nitrogens is 3. The van der Waals surface area contributed by atoms with E-state index in [4.69, 9.17) is 4.74 Å². The van der Waals surface area contributed by atoms with Crippen LogP contribution in [0.15, 0.2) is 53.6 Å². The quantitative estimate of drug-likeness (QED) is 0.661. The molecule has 0 bridgehead atoms. The summed E-state index contributed by atoms with van der Waals surface area (Å²) in [6.45, 7) is 2.91. The second kappa shape index (κ2) is 7.54. The third-order valence-corrected chi connectivity index (χ3v) is 5.09. The van der Waals surface area contributed by atoms with Gasteiger partial charge in [0.1, 0.15) is 24.2 Å². The average Bonchev–Trinajstić information content (AvgIpc) is 3.11. The topological polar surface area (TPSA) is 69.4 Å². The van der Waals surface area contributed by atoms with Gasteiger partial charge in [-0.05, 0) is 30.7 Å². The Bertz CT molecular complexity index is 1100. The molecule has 1 fully saturated rings. The monoisotopic (exact) mass is 396 g/mol. The number of likely N-dealkylation sites (tertiary alicyclic amines) is 1. The molecule has 8 heteroatoms. The van der Waals surface area contributed by atoms with Crippen LogP contribution in [0.1, 0.15) is 5.69 Å². The van der Waals surface area contributed by atoms with E-state index in [0.717, 1.165) is 16.8 Å². The first-order valence-electron chi connectivity index (χ1n) is 9.29. The van der Waals surface area contributed by atoms with Gasteiger partial charge >= 0.3 is 0 Å². The van der Waals surface area contributed by atoms with Crippen LogP contribution in [0.2, 0.25) is 0 Å². The molecule has 0 aliphatic carbocycles. The Morgan fingerprint density at radius 1 is 1.21 bits per heavy atom. The molecule has 7 nitrogen and oxygen atoms in total. The average molecular weight is 396 g/mol. The normalized spacial score (nSPS) is 14.0. The van der Waals surface area contributed by atoms with Gasteiger partial charge in [0.15, 0.2) is 0 Å². The van der Waals surface area contributed by atoms with Crippen LogP contribution in [-0.4, -0.2) is 44.3 Å². The smallest absolute Gasteiger partial charge is 0.254 e. The summed E-state index contributed by atoms with van der Waals surface area (Å²) in [7, 11) is 1.71. The number of amides is 1. The fraction of sp³-hybridized carbons (Fsp3) is 0.286. The Kier molecular flexibility index (Phi) is 4.92. The summed E-state index contributed by atoms with van der Waals surface area (Å²) >= 11 is 0. The number of aryl methyl sites for hydroxylation is 1. The lowest BCUT2D eigenvalue weighted by atomic mass is 10.1.